The molecule has 0 bridgehead atoms. The Bertz CT molecular complexity index is 129. The van der Waals surface area contributed by atoms with Gasteiger partial charge in [0.05, 0.1) is 5.60 Å². The molecule has 74 valence electrons. The lowest BCUT2D eigenvalue weighted by Crippen LogP contribution is -2.56. The molecule has 12 heavy (non-hydrogen) atoms. The molecule has 0 aliphatic heterocycles. The van der Waals surface area contributed by atoms with Crippen LogP contribution in [0.2, 0.25) is 0 Å². The molecule has 0 radical (unpaired) electrons. The molecular weight excluding hydrogens is 170 g/mol. The first kappa shape index (κ1) is 12.3. The van der Waals surface area contributed by atoms with E-state index in [-0.39, 0.29) is 5.54 Å². The molecule has 0 saturated heterocycles. The van der Waals surface area contributed by atoms with Crippen LogP contribution >= 0.6 is 11.8 Å². The Labute approximate surface area is 80.1 Å². The molecule has 0 saturated carbocycles. The summed E-state index contributed by atoms with van der Waals surface area (Å²) in [6.07, 6.45) is 2.08. The average molecular weight is 191 g/mol. The van der Waals surface area contributed by atoms with E-state index >= 15 is 0 Å². The van der Waals surface area contributed by atoms with Gasteiger partial charge in [0, 0.05) is 17.8 Å². The van der Waals surface area contributed by atoms with Crippen molar-refractivity contribution in [2.24, 2.45) is 0 Å². The quantitative estimate of drug-likeness (QED) is 0.646. The zero-order valence-corrected chi connectivity index (χ0v) is 9.59. The van der Waals surface area contributed by atoms with Crippen molar-refractivity contribution in [2.45, 2.75) is 38.8 Å². The van der Waals surface area contributed by atoms with E-state index in [4.69, 9.17) is 0 Å². The molecule has 0 aromatic carbocycles. The van der Waals surface area contributed by atoms with Crippen LogP contribution in [0.5, 0.6) is 0 Å². The van der Waals surface area contributed by atoms with E-state index in [1.54, 1.807) is 0 Å². The SMILES string of the molecule is CSCCNC(C)(C)C(C)(C)O. The highest BCUT2D eigenvalue weighted by Gasteiger charge is 2.33. The number of hydrogen-bond acceptors (Lipinski definition) is 3. The third-order valence-corrected chi connectivity index (χ3v) is 3.02. The number of aliphatic hydroxyl groups is 1. The van der Waals surface area contributed by atoms with E-state index < -0.39 is 5.60 Å². The summed E-state index contributed by atoms with van der Waals surface area (Å²) >= 11 is 1.81. The molecule has 0 spiro atoms. The summed E-state index contributed by atoms with van der Waals surface area (Å²) in [7, 11) is 0. The average Bonchev–Trinajstić information content (AvgIpc) is 1.85. The van der Waals surface area contributed by atoms with Gasteiger partial charge in [0.15, 0.2) is 0 Å². The van der Waals surface area contributed by atoms with Crippen molar-refractivity contribution in [3.05, 3.63) is 0 Å². The molecule has 0 aliphatic carbocycles. The van der Waals surface area contributed by atoms with Crippen molar-refractivity contribution >= 4 is 11.8 Å². The zero-order valence-electron chi connectivity index (χ0n) is 8.77. The summed E-state index contributed by atoms with van der Waals surface area (Å²) in [5, 5.41) is 13.1. The minimum absolute atomic E-state index is 0.220. The summed E-state index contributed by atoms with van der Waals surface area (Å²) in [5.74, 6) is 1.08. The van der Waals surface area contributed by atoms with E-state index in [1.165, 1.54) is 0 Å². The third kappa shape index (κ3) is 3.78. The molecule has 0 rings (SSSR count). The second-order valence-electron chi connectivity index (χ2n) is 4.10. The maximum Gasteiger partial charge on any atom is 0.0767 e. The molecule has 0 aliphatic rings. The Kier molecular flexibility index (Phi) is 4.59. The van der Waals surface area contributed by atoms with Crippen LogP contribution in [0.15, 0.2) is 0 Å². The van der Waals surface area contributed by atoms with Crippen LogP contribution in [-0.4, -0.2) is 34.8 Å². The monoisotopic (exact) mass is 191 g/mol. The number of rotatable bonds is 5. The number of thioether (sulfide) groups is 1. The second kappa shape index (κ2) is 4.49. The first-order valence-corrected chi connectivity index (χ1v) is 5.67. The summed E-state index contributed by atoms with van der Waals surface area (Å²) in [4.78, 5) is 0. The van der Waals surface area contributed by atoms with Crippen LogP contribution in [0.25, 0.3) is 0 Å². The van der Waals surface area contributed by atoms with Gasteiger partial charge in [0.2, 0.25) is 0 Å². The van der Waals surface area contributed by atoms with Crippen LogP contribution < -0.4 is 5.32 Å². The van der Waals surface area contributed by atoms with Gasteiger partial charge in [0.1, 0.15) is 0 Å². The largest absolute Gasteiger partial charge is 0.389 e. The molecule has 0 heterocycles. The van der Waals surface area contributed by atoms with Gasteiger partial charge in [0.25, 0.3) is 0 Å². The maximum absolute atomic E-state index is 9.78. The fraction of sp³-hybridized carbons (Fsp3) is 1.00. The van der Waals surface area contributed by atoms with Crippen LogP contribution in [0.3, 0.4) is 0 Å². The molecule has 3 heteroatoms. The minimum atomic E-state index is -0.675. The standard InChI is InChI=1S/C9H21NOS/c1-8(2,9(3,4)11)10-6-7-12-5/h10-11H,6-7H2,1-5H3. The lowest BCUT2D eigenvalue weighted by atomic mass is 9.86. The van der Waals surface area contributed by atoms with Crippen LogP contribution in [0, 0.1) is 0 Å². The van der Waals surface area contributed by atoms with E-state index in [9.17, 15) is 5.11 Å². The van der Waals surface area contributed by atoms with Gasteiger partial charge < -0.3 is 10.4 Å². The first-order chi connectivity index (χ1) is 5.31. The van der Waals surface area contributed by atoms with Crippen molar-refractivity contribution in [1.29, 1.82) is 0 Å². The van der Waals surface area contributed by atoms with E-state index in [1.807, 2.05) is 39.5 Å². The molecule has 0 aromatic heterocycles. The molecule has 0 fully saturated rings. The molecular formula is C9H21NOS. The molecule has 0 amide bonds. The van der Waals surface area contributed by atoms with Crippen molar-refractivity contribution in [1.82, 2.24) is 5.32 Å². The first-order valence-electron chi connectivity index (χ1n) is 4.27. The fourth-order valence-electron chi connectivity index (χ4n) is 0.682. The number of hydrogen-bond donors (Lipinski definition) is 2. The van der Waals surface area contributed by atoms with Crippen molar-refractivity contribution < 1.29 is 5.11 Å². The Balaban J connectivity index is 3.88. The smallest absolute Gasteiger partial charge is 0.0767 e. The summed E-state index contributed by atoms with van der Waals surface area (Å²) < 4.78 is 0. The number of nitrogens with one attached hydrogen (secondary N) is 1. The van der Waals surface area contributed by atoms with Crippen molar-refractivity contribution in [3.63, 3.8) is 0 Å². The highest BCUT2D eigenvalue weighted by Crippen LogP contribution is 2.20. The molecule has 0 atom stereocenters. The Morgan fingerprint density at radius 3 is 2.08 bits per heavy atom. The van der Waals surface area contributed by atoms with Crippen molar-refractivity contribution in [2.75, 3.05) is 18.6 Å². The van der Waals surface area contributed by atoms with Crippen molar-refractivity contribution in [3.8, 4) is 0 Å². The predicted octanol–water partition coefficient (Wildman–Crippen LogP) is 1.49. The minimum Gasteiger partial charge on any atom is -0.389 e. The normalized spacial score (nSPS) is 13.5. The molecule has 2 nitrogen and oxygen atoms in total. The van der Waals surface area contributed by atoms with Crippen LogP contribution in [0.4, 0.5) is 0 Å². The van der Waals surface area contributed by atoms with Gasteiger partial charge in [-0.25, -0.2) is 0 Å². The van der Waals surface area contributed by atoms with E-state index in [2.05, 4.69) is 11.6 Å². The Morgan fingerprint density at radius 1 is 1.25 bits per heavy atom. The topological polar surface area (TPSA) is 32.3 Å². The highest BCUT2D eigenvalue weighted by atomic mass is 32.2. The maximum atomic E-state index is 9.78. The van der Waals surface area contributed by atoms with Crippen LogP contribution in [-0.2, 0) is 0 Å². The summed E-state index contributed by atoms with van der Waals surface area (Å²) in [5.41, 5.74) is -0.895. The third-order valence-electron chi connectivity index (χ3n) is 2.40. The highest BCUT2D eigenvalue weighted by molar-refractivity contribution is 7.98. The molecule has 2 N–H and O–H groups in total. The fourth-order valence-corrected chi connectivity index (χ4v) is 0.988. The molecule has 0 unspecified atom stereocenters. The molecule has 0 aromatic rings. The summed E-state index contributed by atoms with van der Waals surface area (Å²) in [6.45, 7) is 8.65. The van der Waals surface area contributed by atoms with Gasteiger partial charge in [-0.3, -0.25) is 0 Å². The summed E-state index contributed by atoms with van der Waals surface area (Å²) in [6, 6.07) is 0. The van der Waals surface area contributed by atoms with E-state index in [0.717, 1.165) is 12.3 Å². The Hall–Kier alpha value is 0.270. The van der Waals surface area contributed by atoms with Gasteiger partial charge in [-0.15, -0.1) is 0 Å². The lowest BCUT2D eigenvalue weighted by Gasteiger charge is -2.38. The lowest BCUT2D eigenvalue weighted by molar-refractivity contribution is -0.00340. The second-order valence-corrected chi connectivity index (χ2v) is 5.09. The zero-order chi connectivity index (χ0) is 9.83. The van der Waals surface area contributed by atoms with Gasteiger partial charge in [-0.2, -0.15) is 11.8 Å². The van der Waals surface area contributed by atoms with Gasteiger partial charge in [-0.05, 0) is 34.0 Å². The Morgan fingerprint density at radius 2 is 1.75 bits per heavy atom. The van der Waals surface area contributed by atoms with Gasteiger partial charge in [-0.1, -0.05) is 0 Å². The van der Waals surface area contributed by atoms with Gasteiger partial charge >= 0.3 is 0 Å². The van der Waals surface area contributed by atoms with E-state index in [0.29, 0.717) is 0 Å². The predicted molar refractivity (Wildman–Crippen MR) is 56.8 cm³/mol. The van der Waals surface area contributed by atoms with Crippen LogP contribution in [0.1, 0.15) is 27.7 Å².